The molecule has 0 aliphatic carbocycles. The lowest BCUT2D eigenvalue weighted by Crippen LogP contribution is -1.86. The van der Waals surface area contributed by atoms with Gasteiger partial charge in [-0.15, -0.1) is 22.7 Å². The maximum absolute atomic E-state index is 2.47. The van der Waals surface area contributed by atoms with E-state index >= 15 is 0 Å². The van der Waals surface area contributed by atoms with Crippen LogP contribution in [0.4, 0.5) is 0 Å². The summed E-state index contributed by atoms with van der Waals surface area (Å²) >= 11 is 3.95. The molecule has 0 fully saturated rings. The van der Waals surface area contributed by atoms with E-state index in [4.69, 9.17) is 0 Å². The molecule has 0 bridgehead atoms. The third-order valence-electron chi connectivity index (χ3n) is 8.07. The Hall–Kier alpha value is -2.16. The van der Waals surface area contributed by atoms with Crippen molar-refractivity contribution in [2.24, 2.45) is 0 Å². The van der Waals surface area contributed by atoms with Crippen LogP contribution >= 0.6 is 22.7 Å². The summed E-state index contributed by atoms with van der Waals surface area (Å²) in [5, 5.41) is 2.86. The van der Waals surface area contributed by atoms with Crippen molar-refractivity contribution in [2.75, 3.05) is 0 Å². The van der Waals surface area contributed by atoms with Gasteiger partial charge in [-0.25, -0.2) is 0 Å². The van der Waals surface area contributed by atoms with E-state index in [9.17, 15) is 0 Å². The zero-order chi connectivity index (χ0) is 26.2. The van der Waals surface area contributed by atoms with Gasteiger partial charge < -0.3 is 0 Å². The summed E-state index contributed by atoms with van der Waals surface area (Å²) in [6.45, 7) is 4.47. The fraction of sp³-hybridized carbons (Fsp3) is 0.444. The molecule has 38 heavy (non-hydrogen) atoms. The number of hydrogen-bond acceptors (Lipinski definition) is 2. The van der Waals surface area contributed by atoms with E-state index < -0.39 is 0 Å². The Bertz CT molecular complexity index is 1450. The lowest BCUT2D eigenvalue weighted by atomic mass is 10.0. The molecule has 5 rings (SSSR count). The zero-order valence-corrected chi connectivity index (χ0v) is 25.1. The van der Waals surface area contributed by atoms with E-state index in [0.29, 0.717) is 0 Å². The van der Waals surface area contributed by atoms with Crippen LogP contribution in [0.5, 0.6) is 0 Å². The van der Waals surface area contributed by atoms with Crippen molar-refractivity contribution in [1.29, 1.82) is 0 Å². The molecule has 0 radical (unpaired) electrons. The predicted molar refractivity (Wildman–Crippen MR) is 174 cm³/mol. The summed E-state index contributed by atoms with van der Waals surface area (Å²) in [5.41, 5.74) is 5.46. The van der Waals surface area contributed by atoms with E-state index in [-0.39, 0.29) is 0 Å². The van der Waals surface area contributed by atoms with Crippen LogP contribution in [0, 0.1) is 6.92 Å². The summed E-state index contributed by atoms with van der Waals surface area (Å²) in [7, 11) is 0. The van der Waals surface area contributed by atoms with Gasteiger partial charge in [-0.05, 0) is 48.6 Å². The first-order valence-electron chi connectivity index (χ1n) is 15.2. The number of unbranched alkanes of at least 4 members (excludes halogenated alkanes) is 12. The summed E-state index contributed by atoms with van der Waals surface area (Å²) < 4.78 is 5.80. The van der Waals surface area contributed by atoms with E-state index in [1.807, 2.05) is 22.7 Å². The smallest absolute Gasteiger partial charge is 0.0542 e. The van der Waals surface area contributed by atoms with Gasteiger partial charge in [-0.1, -0.05) is 138 Å². The Morgan fingerprint density at radius 3 is 1.71 bits per heavy atom. The summed E-state index contributed by atoms with van der Waals surface area (Å²) in [6.07, 6.45) is 19.7. The minimum Gasteiger partial charge on any atom is -0.134 e. The minimum atomic E-state index is 1.22. The first-order valence-corrected chi connectivity index (χ1v) is 16.8. The quantitative estimate of drug-likeness (QED) is 0.116. The van der Waals surface area contributed by atoms with Crippen LogP contribution in [0.2, 0.25) is 0 Å². The Morgan fingerprint density at radius 2 is 1.08 bits per heavy atom. The van der Waals surface area contributed by atoms with Crippen molar-refractivity contribution in [1.82, 2.24) is 0 Å². The maximum Gasteiger partial charge on any atom is 0.0542 e. The average Bonchev–Trinajstić information content (AvgIpc) is 3.46. The van der Waals surface area contributed by atoms with E-state index in [1.54, 1.807) is 0 Å². The molecule has 0 nitrogen and oxygen atoms in total. The van der Waals surface area contributed by atoms with Crippen LogP contribution < -0.4 is 0 Å². The molecule has 0 amide bonds. The topological polar surface area (TPSA) is 0 Å². The summed E-state index contributed by atoms with van der Waals surface area (Å²) in [5.74, 6) is 0. The molecule has 5 aromatic rings. The van der Waals surface area contributed by atoms with E-state index in [2.05, 4.69) is 74.5 Å². The highest BCUT2D eigenvalue weighted by atomic mass is 32.1. The molecular weight excluding hydrogens is 497 g/mol. The molecule has 3 aromatic carbocycles. The second-order valence-corrected chi connectivity index (χ2v) is 13.4. The summed E-state index contributed by atoms with van der Waals surface area (Å²) in [4.78, 5) is 0. The van der Waals surface area contributed by atoms with Crippen LogP contribution in [0.3, 0.4) is 0 Å². The molecule has 0 saturated carbocycles. The van der Waals surface area contributed by atoms with Gasteiger partial charge in [-0.3, -0.25) is 0 Å². The molecule has 0 atom stereocenters. The van der Waals surface area contributed by atoms with Crippen molar-refractivity contribution in [3.8, 4) is 11.1 Å². The standard InChI is InChI=1S/C36H44S2/c1-3-4-5-6-7-8-9-10-11-12-13-14-15-18-28-20-22-31-33(25-28)37-36-32-23-21-30(26-34(32)38-35(31)36)29-19-16-17-27(2)24-29/h16-17,19-26H,3-15,18H2,1-2H3. The molecule has 2 aromatic heterocycles. The SMILES string of the molecule is CCCCCCCCCCCCCCCc1ccc2c(c1)sc1c3ccc(-c4cccc(C)c4)cc3sc21. The van der Waals surface area contributed by atoms with Gasteiger partial charge in [0, 0.05) is 20.2 Å². The fourth-order valence-corrected chi connectivity index (χ4v) is 8.56. The molecule has 0 unspecified atom stereocenters. The van der Waals surface area contributed by atoms with Gasteiger partial charge in [0.15, 0.2) is 0 Å². The lowest BCUT2D eigenvalue weighted by Gasteiger charge is -2.04. The van der Waals surface area contributed by atoms with Gasteiger partial charge >= 0.3 is 0 Å². The van der Waals surface area contributed by atoms with Gasteiger partial charge in [0.2, 0.25) is 0 Å². The van der Waals surface area contributed by atoms with Crippen molar-refractivity contribution < 1.29 is 0 Å². The second-order valence-electron chi connectivity index (χ2n) is 11.3. The first kappa shape index (κ1) is 27.4. The van der Waals surface area contributed by atoms with Crippen LogP contribution in [-0.4, -0.2) is 0 Å². The van der Waals surface area contributed by atoms with Crippen LogP contribution in [0.25, 0.3) is 40.7 Å². The Balaban J connectivity index is 1.10. The van der Waals surface area contributed by atoms with Gasteiger partial charge in [-0.2, -0.15) is 0 Å². The monoisotopic (exact) mass is 540 g/mol. The van der Waals surface area contributed by atoms with Crippen LogP contribution in [-0.2, 0) is 6.42 Å². The lowest BCUT2D eigenvalue weighted by molar-refractivity contribution is 0.539. The molecule has 0 N–H and O–H groups in total. The van der Waals surface area contributed by atoms with Gasteiger partial charge in [0.05, 0.1) is 9.40 Å². The highest BCUT2D eigenvalue weighted by Gasteiger charge is 2.13. The third kappa shape index (κ3) is 6.88. The maximum atomic E-state index is 2.47. The van der Waals surface area contributed by atoms with Crippen LogP contribution in [0.1, 0.15) is 102 Å². The number of thiophene rings is 2. The number of benzene rings is 3. The summed E-state index contributed by atoms with van der Waals surface area (Å²) in [6, 6.07) is 23.1. The van der Waals surface area contributed by atoms with E-state index in [0.717, 1.165) is 0 Å². The molecule has 2 heteroatoms. The number of hydrogen-bond donors (Lipinski definition) is 0. The molecule has 0 aliphatic rings. The fourth-order valence-electron chi connectivity index (χ4n) is 5.81. The molecule has 0 saturated heterocycles. The first-order chi connectivity index (χ1) is 18.7. The third-order valence-corrected chi connectivity index (χ3v) is 10.6. The van der Waals surface area contributed by atoms with Gasteiger partial charge in [0.1, 0.15) is 0 Å². The number of rotatable bonds is 15. The predicted octanol–water partition coefficient (Wildman–Crippen LogP) is 12.9. The zero-order valence-electron chi connectivity index (χ0n) is 23.5. The molecule has 0 spiro atoms. The largest absolute Gasteiger partial charge is 0.134 e. The minimum absolute atomic E-state index is 1.22. The highest BCUT2D eigenvalue weighted by molar-refractivity contribution is 7.36. The van der Waals surface area contributed by atoms with Crippen molar-refractivity contribution in [3.05, 3.63) is 71.8 Å². The van der Waals surface area contributed by atoms with Crippen molar-refractivity contribution in [3.63, 3.8) is 0 Å². The Kier molecular flexibility index (Phi) is 9.93. The average molecular weight is 541 g/mol. The van der Waals surface area contributed by atoms with Crippen molar-refractivity contribution >= 4 is 52.2 Å². The molecule has 200 valence electrons. The highest BCUT2D eigenvalue weighted by Crippen LogP contribution is 2.45. The number of fused-ring (bicyclic) bond motifs is 5. The Morgan fingerprint density at radius 1 is 0.526 bits per heavy atom. The molecular formula is C36H44S2. The van der Waals surface area contributed by atoms with Gasteiger partial charge in [0.25, 0.3) is 0 Å². The molecule has 2 heterocycles. The molecule has 0 aliphatic heterocycles. The number of aryl methyl sites for hydroxylation is 2. The van der Waals surface area contributed by atoms with Crippen molar-refractivity contribution in [2.45, 2.75) is 104 Å². The van der Waals surface area contributed by atoms with Crippen LogP contribution in [0.15, 0.2) is 60.7 Å². The second kappa shape index (κ2) is 13.8. The van der Waals surface area contributed by atoms with E-state index in [1.165, 1.54) is 142 Å². The normalized spacial score (nSPS) is 11.8. The Labute approximate surface area is 238 Å².